The van der Waals surface area contributed by atoms with Gasteiger partial charge in [0, 0.05) is 6.21 Å². The molecule has 3 unspecified atom stereocenters. The standard InChI is InChI=1S/C10H12N4/c11-9-7-4-2-1-3-6(7)8-5-12-14-10(8)13-9/h1-5,8-10,13-14H,11H2. The first-order valence-electron chi connectivity index (χ1n) is 4.75. The average molecular weight is 188 g/mol. The molecule has 3 rings (SSSR count). The van der Waals surface area contributed by atoms with Crippen LogP contribution in [0.3, 0.4) is 0 Å². The second-order valence-corrected chi connectivity index (χ2v) is 3.68. The molecule has 4 N–H and O–H groups in total. The Bertz CT molecular complexity index is 387. The average Bonchev–Trinajstić information content (AvgIpc) is 2.66. The summed E-state index contributed by atoms with van der Waals surface area (Å²) in [6.45, 7) is 0. The second kappa shape index (κ2) is 2.80. The van der Waals surface area contributed by atoms with Gasteiger partial charge in [-0.3, -0.25) is 10.7 Å². The molecule has 0 saturated carbocycles. The number of hydrogen-bond donors (Lipinski definition) is 3. The maximum Gasteiger partial charge on any atom is 0.107 e. The molecule has 0 aromatic heterocycles. The second-order valence-electron chi connectivity index (χ2n) is 3.68. The lowest BCUT2D eigenvalue weighted by molar-refractivity contribution is 0.364. The SMILES string of the molecule is NC1NC2NN=CC2c2ccccc21. The molecular formula is C10H12N4. The fraction of sp³-hybridized carbons (Fsp3) is 0.300. The van der Waals surface area contributed by atoms with Crippen molar-refractivity contribution in [1.82, 2.24) is 10.7 Å². The molecule has 0 bridgehead atoms. The fourth-order valence-corrected chi connectivity index (χ4v) is 2.15. The van der Waals surface area contributed by atoms with Gasteiger partial charge in [0.1, 0.15) is 6.17 Å². The molecule has 2 aliphatic rings. The highest BCUT2D eigenvalue weighted by Crippen LogP contribution is 2.31. The van der Waals surface area contributed by atoms with Crippen LogP contribution in [0.25, 0.3) is 0 Å². The van der Waals surface area contributed by atoms with E-state index in [2.05, 4.69) is 28.0 Å². The number of fused-ring (bicyclic) bond motifs is 3. The largest absolute Gasteiger partial charge is 0.312 e. The van der Waals surface area contributed by atoms with Gasteiger partial charge in [-0.1, -0.05) is 24.3 Å². The Morgan fingerprint density at radius 2 is 2.00 bits per heavy atom. The third-order valence-corrected chi connectivity index (χ3v) is 2.86. The molecule has 4 nitrogen and oxygen atoms in total. The topological polar surface area (TPSA) is 62.4 Å². The van der Waals surface area contributed by atoms with Crippen LogP contribution in [0.5, 0.6) is 0 Å². The summed E-state index contributed by atoms with van der Waals surface area (Å²) in [6, 6.07) is 8.24. The van der Waals surface area contributed by atoms with Crippen LogP contribution in [-0.4, -0.2) is 12.4 Å². The molecule has 0 amide bonds. The van der Waals surface area contributed by atoms with Gasteiger partial charge >= 0.3 is 0 Å². The van der Waals surface area contributed by atoms with Crippen molar-refractivity contribution in [2.45, 2.75) is 18.2 Å². The first kappa shape index (κ1) is 7.96. The minimum absolute atomic E-state index is 0.0957. The zero-order valence-corrected chi connectivity index (χ0v) is 7.64. The molecule has 0 aliphatic carbocycles. The van der Waals surface area contributed by atoms with Crippen LogP contribution in [0, 0.1) is 0 Å². The zero-order chi connectivity index (χ0) is 9.54. The van der Waals surface area contributed by atoms with Crippen LogP contribution in [0.1, 0.15) is 23.2 Å². The summed E-state index contributed by atoms with van der Waals surface area (Å²) in [6.07, 6.45) is 1.99. The monoisotopic (exact) mass is 188 g/mol. The molecule has 1 aromatic rings. The van der Waals surface area contributed by atoms with E-state index in [0.29, 0.717) is 5.92 Å². The van der Waals surface area contributed by atoms with Crippen LogP contribution in [0.2, 0.25) is 0 Å². The lowest BCUT2D eigenvalue weighted by atomic mass is 9.88. The summed E-state index contributed by atoms with van der Waals surface area (Å²) in [5.74, 6) is 0.311. The van der Waals surface area contributed by atoms with Gasteiger partial charge in [-0.2, -0.15) is 5.10 Å². The Kier molecular flexibility index (Phi) is 1.59. The van der Waals surface area contributed by atoms with E-state index in [0.717, 1.165) is 0 Å². The quantitative estimate of drug-likeness (QED) is 0.546. The number of nitrogens with zero attached hydrogens (tertiary/aromatic N) is 1. The van der Waals surface area contributed by atoms with Crippen LogP contribution >= 0.6 is 0 Å². The normalized spacial score (nSPS) is 33.4. The molecule has 0 fully saturated rings. The Balaban J connectivity index is 2.13. The Labute approximate surface area is 82.2 Å². The van der Waals surface area contributed by atoms with E-state index in [-0.39, 0.29) is 12.3 Å². The highest BCUT2D eigenvalue weighted by Gasteiger charge is 2.33. The molecule has 2 aliphatic heterocycles. The van der Waals surface area contributed by atoms with Crippen LogP contribution in [0.4, 0.5) is 0 Å². The van der Waals surface area contributed by atoms with E-state index in [4.69, 9.17) is 5.73 Å². The van der Waals surface area contributed by atoms with Crippen LogP contribution < -0.4 is 16.5 Å². The van der Waals surface area contributed by atoms with Gasteiger partial charge in [0.25, 0.3) is 0 Å². The van der Waals surface area contributed by atoms with Gasteiger partial charge in [0.15, 0.2) is 0 Å². The predicted octanol–water partition coefficient (Wildman–Crippen LogP) is 0.246. The Morgan fingerprint density at radius 1 is 1.21 bits per heavy atom. The number of nitrogens with two attached hydrogens (primary N) is 1. The van der Waals surface area contributed by atoms with Gasteiger partial charge in [0.2, 0.25) is 0 Å². The minimum Gasteiger partial charge on any atom is -0.312 e. The summed E-state index contributed by atoms with van der Waals surface area (Å²) in [7, 11) is 0. The van der Waals surface area contributed by atoms with Gasteiger partial charge in [0.05, 0.1) is 12.1 Å². The van der Waals surface area contributed by atoms with E-state index in [1.807, 2.05) is 18.3 Å². The summed E-state index contributed by atoms with van der Waals surface area (Å²) >= 11 is 0. The van der Waals surface area contributed by atoms with Crippen molar-refractivity contribution in [3.63, 3.8) is 0 Å². The van der Waals surface area contributed by atoms with Gasteiger partial charge in [-0.05, 0) is 11.1 Å². The molecule has 3 atom stereocenters. The first-order valence-corrected chi connectivity index (χ1v) is 4.75. The van der Waals surface area contributed by atoms with Gasteiger partial charge in [-0.25, -0.2) is 0 Å². The predicted molar refractivity (Wildman–Crippen MR) is 54.7 cm³/mol. The number of nitrogens with one attached hydrogen (secondary N) is 2. The van der Waals surface area contributed by atoms with E-state index < -0.39 is 0 Å². The summed E-state index contributed by atoms with van der Waals surface area (Å²) < 4.78 is 0. The van der Waals surface area contributed by atoms with Crippen LogP contribution in [0.15, 0.2) is 29.4 Å². The summed E-state index contributed by atoms with van der Waals surface area (Å²) in [5, 5.41) is 7.34. The molecule has 2 heterocycles. The highest BCUT2D eigenvalue weighted by atomic mass is 15.4. The number of rotatable bonds is 0. The zero-order valence-electron chi connectivity index (χ0n) is 7.64. The van der Waals surface area contributed by atoms with Gasteiger partial charge < -0.3 is 5.73 Å². The maximum absolute atomic E-state index is 6.00. The van der Waals surface area contributed by atoms with E-state index in [1.165, 1.54) is 11.1 Å². The molecule has 0 spiro atoms. The minimum atomic E-state index is -0.0957. The maximum atomic E-state index is 6.00. The molecule has 4 heteroatoms. The van der Waals surface area contributed by atoms with E-state index in [1.54, 1.807) is 0 Å². The highest BCUT2D eigenvalue weighted by molar-refractivity contribution is 5.72. The van der Waals surface area contributed by atoms with Crippen molar-refractivity contribution >= 4 is 6.21 Å². The molecule has 14 heavy (non-hydrogen) atoms. The molecular weight excluding hydrogens is 176 g/mol. The van der Waals surface area contributed by atoms with Crippen molar-refractivity contribution in [2.24, 2.45) is 10.8 Å². The van der Waals surface area contributed by atoms with Crippen molar-refractivity contribution in [1.29, 1.82) is 0 Å². The lowest BCUT2D eigenvalue weighted by Crippen LogP contribution is -2.49. The fourth-order valence-electron chi connectivity index (χ4n) is 2.15. The van der Waals surface area contributed by atoms with Crippen molar-refractivity contribution in [3.8, 4) is 0 Å². The molecule has 72 valence electrons. The first-order chi connectivity index (χ1) is 6.86. The van der Waals surface area contributed by atoms with E-state index in [9.17, 15) is 0 Å². The number of hydrogen-bond acceptors (Lipinski definition) is 4. The van der Waals surface area contributed by atoms with Gasteiger partial charge in [-0.15, -0.1) is 0 Å². The summed E-state index contributed by atoms with van der Waals surface area (Å²) in [4.78, 5) is 0. The molecule has 0 saturated heterocycles. The smallest absolute Gasteiger partial charge is 0.107 e. The Morgan fingerprint density at radius 3 is 2.86 bits per heavy atom. The number of hydrazone groups is 1. The molecule has 0 radical (unpaired) electrons. The summed E-state index contributed by atoms with van der Waals surface area (Å²) in [5.41, 5.74) is 11.4. The van der Waals surface area contributed by atoms with Crippen molar-refractivity contribution in [2.75, 3.05) is 0 Å². The third-order valence-electron chi connectivity index (χ3n) is 2.86. The number of benzene rings is 1. The van der Waals surface area contributed by atoms with E-state index >= 15 is 0 Å². The third kappa shape index (κ3) is 0.981. The Hall–Kier alpha value is -1.39. The van der Waals surface area contributed by atoms with Crippen LogP contribution in [-0.2, 0) is 0 Å². The van der Waals surface area contributed by atoms with Crippen molar-refractivity contribution < 1.29 is 0 Å². The lowest BCUT2D eigenvalue weighted by Gasteiger charge is -2.32. The van der Waals surface area contributed by atoms with Crippen molar-refractivity contribution in [3.05, 3.63) is 35.4 Å². The molecule has 1 aromatic carbocycles.